The van der Waals surface area contributed by atoms with Gasteiger partial charge in [-0.1, -0.05) is 58.1 Å². The molecule has 0 fully saturated rings. The SMILES string of the molecule is CCCCCCCCOC(=O)c1ccccc1C(=O)OC(CC)S(=O)(=O)[O-].[K+]. The summed E-state index contributed by atoms with van der Waals surface area (Å²) >= 11 is 0. The molecule has 1 rings (SSSR count). The Kier molecular flexibility index (Phi) is 14.5. The fourth-order valence-electron chi connectivity index (χ4n) is 2.49. The molecule has 1 unspecified atom stereocenters. The van der Waals surface area contributed by atoms with E-state index in [9.17, 15) is 22.6 Å². The molecular formula is C19H27KO7S. The van der Waals surface area contributed by atoms with Crippen LogP contribution in [0.15, 0.2) is 24.3 Å². The van der Waals surface area contributed by atoms with Crippen LogP contribution in [0, 0.1) is 0 Å². The van der Waals surface area contributed by atoms with Gasteiger partial charge in [-0.05, 0) is 25.0 Å². The van der Waals surface area contributed by atoms with E-state index in [-0.39, 0.29) is 75.5 Å². The molecule has 0 aromatic heterocycles. The normalized spacial score (nSPS) is 12.0. The zero-order valence-electron chi connectivity index (χ0n) is 16.8. The molecule has 0 amide bonds. The predicted molar refractivity (Wildman–Crippen MR) is 99.3 cm³/mol. The van der Waals surface area contributed by atoms with Gasteiger partial charge < -0.3 is 14.0 Å². The van der Waals surface area contributed by atoms with E-state index >= 15 is 0 Å². The second kappa shape index (κ2) is 14.7. The van der Waals surface area contributed by atoms with Gasteiger partial charge in [0.15, 0.2) is 5.44 Å². The second-order valence-corrected chi connectivity index (χ2v) is 7.70. The van der Waals surface area contributed by atoms with Crippen molar-refractivity contribution in [2.75, 3.05) is 6.61 Å². The Balaban J connectivity index is 0.00000729. The monoisotopic (exact) mass is 438 g/mol. The summed E-state index contributed by atoms with van der Waals surface area (Å²) in [6.07, 6.45) is 6.09. The van der Waals surface area contributed by atoms with Crippen molar-refractivity contribution < 1.29 is 83.4 Å². The molecule has 0 saturated heterocycles. The second-order valence-electron chi connectivity index (χ2n) is 6.19. The zero-order valence-corrected chi connectivity index (χ0v) is 20.7. The average Bonchev–Trinajstić information content (AvgIpc) is 2.64. The molecule has 7 nitrogen and oxygen atoms in total. The summed E-state index contributed by atoms with van der Waals surface area (Å²) in [6.45, 7) is 3.79. The van der Waals surface area contributed by atoms with E-state index in [1.54, 1.807) is 6.07 Å². The van der Waals surface area contributed by atoms with E-state index in [2.05, 4.69) is 6.92 Å². The molecule has 0 heterocycles. The first-order chi connectivity index (χ1) is 12.8. The summed E-state index contributed by atoms with van der Waals surface area (Å²) in [7, 11) is -4.79. The number of esters is 2. The number of carbonyl (C=O) groups excluding carboxylic acids is 2. The van der Waals surface area contributed by atoms with Crippen LogP contribution in [0.25, 0.3) is 0 Å². The third-order valence-corrected chi connectivity index (χ3v) is 5.07. The molecule has 1 aromatic rings. The molecule has 28 heavy (non-hydrogen) atoms. The van der Waals surface area contributed by atoms with Crippen LogP contribution in [0.2, 0.25) is 0 Å². The number of carbonyl (C=O) groups is 2. The molecule has 0 bridgehead atoms. The van der Waals surface area contributed by atoms with Gasteiger partial charge in [0, 0.05) is 0 Å². The number of benzene rings is 1. The number of unbranched alkanes of at least 4 members (excludes halogenated alkanes) is 5. The summed E-state index contributed by atoms with van der Waals surface area (Å²) in [5.74, 6) is -1.73. The number of hydrogen-bond donors (Lipinski definition) is 0. The van der Waals surface area contributed by atoms with Crippen LogP contribution in [0.1, 0.15) is 79.5 Å². The fraction of sp³-hybridized carbons (Fsp3) is 0.579. The Bertz CT molecular complexity index is 719. The van der Waals surface area contributed by atoms with Gasteiger partial charge in [0.05, 0.1) is 17.7 Å². The third kappa shape index (κ3) is 9.95. The fourth-order valence-corrected chi connectivity index (χ4v) is 3.11. The molecule has 1 aromatic carbocycles. The maximum Gasteiger partial charge on any atom is 1.00 e. The van der Waals surface area contributed by atoms with Crippen molar-refractivity contribution in [3.05, 3.63) is 35.4 Å². The van der Waals surface area contributed by atoms with E-state index in [1.165, 1.54) is 31.5 Å². The molecule has 152 valence electrons. The van der Waals surface area contributed by atoms with E-state index in [0.29, 0.717) is 0 Å². The van der Waals surface area contributed by atoms with E-state index in [1.807, 2.05) is 0 Å². The van der Waals surface area contributed by atoms with Gasteiger partial charge in [0.25, 0.3) is 0 Å². The molecular weight excluding hydrogens is 411 g/mol. The summed E-state index contributed by atoms with van der Waals surface area (Å²) < 4.78 is 43.2. The number of ether oxygens (including phenoxy) is 2. The quantitative estimate of drug-likeness (QED) is 0.204. The predicted octanol–water partition coefficient (Wildman–Crippen LogP) is 0.646. The van der Waals surface area contributed by atoms with Crippen LogP contribution in [-0.2, 0) is 19.6 Å². The molecule has 0 saturated carbocycles. The standard InChI is InChI=1S/C19H28O7S.K/c1-3-5-6-7-8-11-14-25-18(20)15-12-9-10-13-16(15)19(21)26-17(4-2)27(22,23)24;/h9-10,12-13,17H,3-8,11,14H2,1-2H3,(H,22,23,24);/q;+1/p-1. The molecule has 9 heteroatoms. The molecule has 1 atom stereocenters. The van der Waals surface area contributed by atoms with Gasteiger partial charge in [0.2, 0.25) is 0 Å². The summed E-state index contributed by atoms with van der Waals surface area (Å²) in [6, 6.07) is 5.79. The molecule has 0 radical (unpaired) electrons. The van der Waals surface area contributed by atoms with Crippen LogP contribution in [0.5, 0.6) is 0 Å². The third-order valence-electron chi connectivity index (χ3n) is 3.99. The Morgan fingerprint density at radius 2 is 1.50 bits per heavy atom. The minimum Gasteiger partial charge on any atom is -0.745 e. The Labute approximate surface area is 209 Å². The topological polar surface area (TPSA) is 110 Å². The van der Waals surface area contributed by atoms with Gasteiger partial charge >= 0.3 is 63.3 Å². The van der Waals surface area contributed by atoms with Crippen LogP contribution in [-0.4, -0.2) is 37.0 Å². The molecule has 0 spiro atoms. The van der Waals surface area contributed by atoms with E-state index in [4.69, 9.17) is 9.47 Å². The minimum atomic E-state index is -4.79. The summed E-state index contributed by atoms with van der Waals surface area (Å²) in [5, 5.41) is 0. The van der Waals surface area contributed by atoms with E-state index < -0.39 is 27.5 Å². The van der Waals surface area contributed by atoms with Crippen LogP contribution < -0.4 is 51.4 Å². The van der Waals surface area contributed by atoms with Crippen molar-refractivity contribution >= 4 is 22.1 Å². The van der Waals surface area contributed by atoms with Crippen molar-refractivity contribution in [1.29, 1.82) is 0 Å². The maximum absolute atomic E-state index is 12.2. The van der Waals surface area contributed by atoms with Crippen molar-refractivity contribution in [1.82, 2.24) is 0 Å². The molecule has 0 aliphatic rings. The van der Waals surface area contributed by atoms with Crippen LogP contribution in [0.3, 0.4) is 0 Å². The number of hydrogen-bond acceptors (Lipinski definition) is 7. The first kappa shape index (κ1) is 27.7. The van der Waals surface area contributed by atoms with Gasteiger partial charge in [0.1, 0.15) is 10.1 Å². The van der Waals surface area contributed by atoms with Crippen molar-refractivity contribution in [2.45, 2.75) is 64.2 Å². The Hall–Kier alpha value is -0.294. The largest absolute Gasteiger partial charge is 1.00 e. The van der Waals surface area contributed by atoms with Crippen molar-refractivity contribution in [2.24, 2.45) is 0 Å². The van der Waals surface area contributed by atoms with Crippen LogP contribution >= 0.6 is 0 Å². The molecule has 0 N–H and O–H groups in total. The van der Waals surface area contributed by atoms with Crippen molar-refractivity contribution in [3.8, 4) is 0 Å². The first-order valence-electron chi connectivity index (χ1n) is 9.23. The summed E-state index contributed by atoms with van der Waals surface area (Å²) in [4.78, 5) is 24.5. The average molecular weight is 439 g/mol. The Morgan fingerprint density at radius 3 is 2.04 bits per heavy atom. The van der Waals surface area contributed by atoms with E-state index in [0.717, 1.165) is 32.1 Å². The van der Waals surface area contributed by atoms with Gasteiger partial charge in [-0.3, -0.25) is 0 Å². The molecule has 0 aliphatic heterocycles. The smallest absolute Gasteiger partial charge is 0.745 e. The van der Waals surface area contributed by atoms with Gasteiger partial charge in [-0.25, -0.2) is 18.0 Å². The van der Waals surface area contributed by atoms with Crippen molar-refractivity contribution in [3.63, 3.8) is 0 Å². The van der Waals surface area contributed by atoms with Crippen LogP contribution in [0.4, 0.5) is 0 Å². The van der Waals surface area contributed by atoms with Gasteiger partial charge in [-0.15, -0.1) is 0 Å². The minimum absolute atomic E-state index is 0. The first-order valence-corrected chi connectivity index (χ1v) is 10.7. The maximum atomic E-state index is 12.2. The van der Waals surface area contributed by atoms with Gasteiger partial charge in [-0.2, -0.15) is 0 Å². The zero-order chi connectivity index (χ0) is 20.3. The summed E-state index contributed by atoms with van der Waals surface area (Å²) in [5.41, 5.74) is -1.95. The number of rotatable bonds is 12. The Morgan fingerprint density at radius 1 is 0.964 bits per heavy atom. The molecule has 0 aliphatic carbocycles.